The Balaban J connectivity index is 2.19. The Labute approximate surface area is 151 Å². The fraction of sp³-hybridized carbons (Fsp3) is 0.353. The summed E-state index contributed by atoms with van der Waals surface area (Å²) in [4.78, 5) is 18.1. The summed E-state index contributed by atoms with van der Waals surface area (Å²) < 4.78 is 11.3. The predicted octanol–water partition coefficient (Wildman–Crippen LogP) is 3.37. The Morgan fingerprint density at radius 3 is 2.80 bits per heavy atom. The first-order valence-electron chi connectivity index (χ1n) is 7.99. The Bertz CT molecular complexity index is 805. The number of halogens is 1. The van der Waals surface area contributed by atoms with E-state index in [1.54, 1.807) is 25.3 Å². The van der Waals surface area contributed by atoms with Crippen LogP contribution in [0.5, 0.6) is 11.5 Å². The van der Waals surface area contributed by atoms with E-state index in [2.05, 4.69) is 20.5 Å². The van der Waals surface area contributed by atoms with Gasteiger partial charge in [0.1, 0.15) is 0 Å². The van der Waals surface area contributed by atoms with E-state index in [0.717, 1.165) is 12.0 Å². The first kappa shape index (κ1) is 18.8. The van der Waals surface area contributed by atoms with Crippen LogP contribution in [-0.2, 0) is 0 Å². The van der Waals surface area contributed by atoms with Gasteiger partial charge in [0.15, 0.2) is 11.5 Å². The van der Waals surface area contributed by atoms with Crippen LogP contribution >= 0.6 is 11.6 Å². The molecular weight excluding hydrogens is 344 g/mol. The molecule has 2 N–H and O–H groups in total. The van der Waals surface area contributed by atoms with Crippen molar-refractivity contribution in [2.24, 2.45) is 5.10 Å². The van der Waals surface area contributed by atoms with Gasteiger partial charge in [-0.2, -0.15) is 5.10 Å². The molecule has 0 aliphatic heterocycles. The maximum absolute atomic E-state index is 11.4. The Morgan fingerprint density at radius 2 is 2.12 bits per heavy atom. The van der Waals surface area contributed by atoms with Gasteiger partial charge in [-0.3, -0.25) is 9.78 Å². The second-order valence-electron chi connectivity index (χ2n) is 5.22. The molecule has 2 aromatic rings. The zero-order valence-corrected chi connectivity index (χ0v) is 15.2. The van der Waals surface area contributed by atoms with Crippen molar-refractivity contribution in [2.45, 2.75) is 27.2 Å². The van der Waals surface area contributed by atoms with E-state index >= 15 is 0 Å². The summed E-state index contributed by atoms with van der Waals surface area (Å²) in [5.41, 5.74) is 3.76. The number of nitrogens with zero attached hydrogens (tertiary/aromatic N) is 2. The number of aryl methyl sites for hydroxylation is 1. The van der Waals surface area contributed by atoms with Crippen LogP contribution in [-0.4, -0.2) is 29.4 Å². The lowest BCUT2D eigenvalue weighted by molar-refractivity contribution is 0.277. The minimum absolute atomic E-state index is 0.246. The molecule has 0 unspecified atom stereocenters. The number of nitrogens with one attached hydrogen (secondary N) is 2. The summed E-state index contributed by atoms with van der Waals surface area (Å²) in [6, 6.07) is 4.92. The molecule has 134 valence electrons. The van der Waals surface area contributed by atoms with Gasteiger partial charge in [0.05, 0.1) is 24.5 Å². The van der Waals surface area contributed by atoms with Gasteiger partial charge in [-0.05, 0) is 38.0 Å². The fourth-order valence-electron chi connectivity index (χ4n) is 2.07. The average molecular weight is 365 g/mol. The van der Waals surface area contributed by atoms with Gasteiger partial charge in [-0.1, -0.05) is 18.5 Å². The summed E-state index contributed by atoms with van der Waals surface area (Å²) >= 11 is 6.30. The number of rotatable bonds is 8. The van der Waals surface area contributed by atoms with Crippen molar-refractivity contribution >= 4 is 23.8 Å². The second-order valence-corrected chi connectivity index (χ2v) is 5.62. The van der Waals surface area contributed by atoms with Crippen molar-refractivity contribution in [3.63, 3.8) is 0 Å². The number of aromatic nitrogens is 2. The third kappa shape index (κ3) is 5.49. The first-order valence-corrected chi connectivity index (χ1v) is 8.37. The summed E-state index contributed by atoms with van der Waals surface area (Å²) in [5, 5.41) is 4.51. The van der Waals surface area contributed by atoms with Crippen LogP contribution in [0.15, 0.2) is 28.1 Å². The molecule has 0 saturated carbocycles. The molecule has 0 radical (unpaired) electrons. The SMILES string of the molecule is CCCOc1c(Cl)cc(/C=N\Nc2nc(C)cc(=O)[nH]2)cc1OCC. The normalized spacial score (nSPS) is 10.9. The van der Waals surface area contributed by atoms with Crippen molar-refractivity contribution in [3.8, 4) is 11.5 Å². The number of aromatic amines is 1. The van der Waals surface area contributed by atoms with Gasteiger partial charge in [-0.25, -0.2) is 10.4 Å². The van der Waals surface area contributed by atoms with E-state index < -0.39 is 0 Å². The Morgan fingerprint density at radius 1 is 1.32 bits per heavy atom. The van der Waals surface area contributed by atoms with E-state index in [-0.39, 0.29) is 11.5 Å². The number of ether oxygens (including phenoxy) is 2. The van der Waals surface area contributed by atoms with Crippen LogP contribution in [0.4, 0.5) is 5.95 Å². The molecule has 1 aromatic carbocycles. The van der Waals surface area contributed by atoms with E-state index in [1.165, 1.54) is 6.07 Å². The molecule has 0 saturated heterocycles. The number of hydrogen-bond donors (Lipinski definition) is 2. The van der Waals surface area contributed by atoms with E-state index in [4.69, 9.17) is 21.1 Å². The molecule has 2 rings (SSSR count). The molecule has 0 aliphatic carbocycles. The van der Waals surface area contributed by atoms with Crippen molar-refractivity contribution in [2.75, 3.05) is 18.6 Å². The third-order valence-electron chi connectivity index (χ3n) is 3.04. The highest BCUT2D eigenvalue weighted by atomic mass is 35.5. The van der Waals surface area contributed by atoms with Crippen LogP contribution in [0.3, 0.4) is 0 Å². The lowest BCUT2D eigenvalue weighted by Crippen LogP contribution is -2.10. The maximum Gasteiger partial charge on any atom is 0.252 e. The van der Waals surface area contributed by atoms with Crippen LogP contribution < -0.4 is 20.5 Å². The minimum atomic E-state index is -0.246. The second kappa shape index (κ2) is 9.08. The monoisotopic (exact) mass is 364 g/mol. The molecule has 0 aliphatic rings. The number of hydrogen-bond acceptors (Lipinski definition) is 6. The highest BCUT2D eigenvalue weighted by molar-refractivity contribution is 6.32. The topological polar surface area (TPSA) is 88.6 Å². The van der Waals surface area contributed by atoms with Gasteiger partial charge in [-0.15, -0.1) is 0 Å². The smallest absolute Gasteiger partial charge is 0.252 e. The zero-order valence-electron chi connectivity index (χ0n) is 14.4. The molecule has 0 atom stereocenters. The van der Waals surface area contributed by atoms with E-state index in [1.807, 2.05) is 13.8 Å². The molecule has 0 amide bonds. The first-order chi connectivity index (χ1) is 12.0. The Kier molecular flexibility index (Phi) is 6.82. The molecule has 25 heavy (non-hydrogen) atoms. The lowest BCUT2D eigenvalue weighted by atomic mass is 10.2. The molecular formula is C17H21ClN4O3. The number of benzene rings is 1. The molecule has 0 fully saturated rings. The lowest BCUT2D eigenvalue weighted by Gasteiger charge is -2.13. The minimum Gasteiger partial charge on any atom is -0.490 e. The largest absolute Gasteiger partial charge is 0.490 e. The van der Waals surface area contributed by atoms with Gasteiger partial charge in [0.25, 0.3) is 5.56 Å². The number of H-pyrrole nitrogens is 1. The number of hydrazone groups is 1. The summed E-state index contributed by atoms with van der Waals surface area (Å²) in [6.07, 6.45) is 2.43. The Hall–Kier alpha value is -2.54. The van der Waals surface area contributed by atoms with Crippen molar-refractivity contribution in [1.29, 1.82) is 0 Å². The van der Waals surface area contributed by atoms with Gasteiger partial charge in [0, 0.05) is 11.8 Å². The molecule has 0 bridgehead atoms. The van der Waals surface area contributed by atoms with Gasteiger partial charge in [0.2, 0.25) is 5.95 Å². The number of anilines is 1. The molecule has 8 heteroatoms. The van der Waals surface area contributed by atoms with Gasteiger partial charge < -0.3 is 9.47 Å². The van der Waals surface area contributed by atoms with Crippen LogP contribution in [0.25, 0.3) is 0 Å². The zero-order chi connectivity index (χ0) is 18.2. The van der Waals surface area contributed by atoms with E-state index in [9.17, 15) is 4.79 Å². The summed E-state index contributed by atoms with van der Waals surface area (Å²) in [6.45, 7) is 6.69. The quantitative estimate of drug-likeness (QED) is 0.553. The highest BCUT2D eigenvalue weighted by Gasteiger charge is 2.11. The standard InChI is InChI=1S/C17H21ClN4O3/c1-4-6-25-16-13(18)8-12(9-14(16)24-5-2)10-19-22-17-20-11(3)7-15(23)21-17/h7-10H,4-6H2,1-3H3,(H2,20,21,22,23)/b19-10-. The molecule has 0 spiro atoms. The molecule has 1 heterocycles. The fourth-order valence-corrected chi connectivity index (χ4v) is 2.34. The van der Waals surface area contributed by atoms with Gasteiger partial charge >= 0.3 is 0 Å². The van der Waals surface area contributed by atoms with Crippen LogP contribution in [0.2, 0.25) is 5.02 Å². The third-order valence-corrected chi connectivity index (χ3v) is 3.32. The summed E-state index contributed by atoms with van der Waals surface area (Å²) in [5.74, 6) is 1.35. The van der Waals surface area contributed by atoms with Crippen molar-refractivity contribution in [3.05, 3.63) is 44.8 Å². The predicted molar refractivity (Wildman–Crippen MR) is 99.2 cm³/mol. The van der Waals surface area contributed by atoms with Crippen LogP contribution in [0, 0.1) is 6.92 Å². The maximum atomic E-state index is 11.4. The molecule has 1 aromatic heterocycles. The van der Waals surface area contributed by atoms with E-state index in [0.29, 0.717) is 35.4 Å². The van der Waals surface area contributed by atoms with Crippen LogP contribution in [0.1, 0.15) is 31.5 Å². The highest BCUT2D eigenvalue weighted by Crippen LogP contribution is 2.36. The average Bonchev–Trinajstić information content (AvgIpc) is 2.53. The van der Waals surface area contributed by atoms with Crippen molar-refractivity contribution < 1.29 is 9.47 Å². The molecule has 7 nitrogen and oxygen atoms in total. The van der Waals surface area contributed by atoms with Crippen molar-refractivity contribution in [1.82, 2.24) is 9.97 Å². The summed E-state index contributed by atoms with van der Waals surface area (Å²) in [7, 11) is 0.